The molecule has 1 rings (SSSR count). The molecule has 0 aliphatic rings. The Labute approximate surface area is 122 Å². The maximum atomic E-state index is 11.5. The summed E-state index contributed by atoms with van der Waals surface area (Å²) in [6, 6.07) is 5.53. The number of rotatable bonds is 7. The molecule has 7 heteroatoms. The highest BCUT2D eigenvalue weighted by Gasteiger charge is 2.08. The van der Waals surface area contributed by atoms with E-state index in [9.17, 15) is 14.4 Å². The Morgan fingerprint density at radius 1 is 1.10 bits per heavy atom. The molecule has 114 valence electrons. The Balaban J connectivity index is 2.33. The maximum Gasteiger partial charge on any atom is 0.322 e. The molecule has 0 heterocycles. The largest absolute Gasteiger partial charge is 0.483 e. The minimum atomic E-state index is -1.15. The van der Waals surface area contributed by atoms with Gasteiger partial charge in [0.25, 0.3) is 5.91 Å². The van der Waals surface area contributed by atoms with Crippen LogP contribution < -0.4 is 15.4 Å². The number of aliphatic carboxylic acids is 1. The zero-order valence-electron chi connectivity index (χ0n) is 11.9. The summed E-state index contributed by atoms with van der Waals surface area (Å²) in [4.78, 5) is 33.0. The monoisotopic (exact) mass is 294 g/mol. The maximum absolute atomic E-state index is 11.5. The first-order valence-corrected chi connectivity index (χ1v) is 6.34. The predicted molar refractivity (Wildman–Crippen MR) is 75.1 cm³/mol. The summed E-state index contributed by atoms with van der Waals surface area (Å²) in [5, 5.41) is 12.9. The zero-order valence-corrected chi connectivity index (χ0v) is 11.9. The Hall–Kier alpha value is -2.57. The van der Waals surface area contributed by atoms with E-state index >= 15 is 0 Å². The normalized spacial score (nSPS) is 9.81. The van der Waals surface area contributed by atoms with Crippen LogP contribution in [0.4, 0.5) is 0 Å². The Morgan fingerprint density at radius 3 is 2.43 bits per heavy atom. The average molecular weight is 294 g/mol. The molecule has 0 atom stereocenters. The first-order valence-electron chi connectivity index (χ1n) is 6.34. The SMILES string of the molecule is Cc1cccc(OCC(=O)NCC(=O)NCC(=O)O)c1C. The average Bonchev–Trinajstić information content (AvgIpc) is 2.44. The minimum Gasteiger partial charge on any atom is -0.483 e. The Morgan fingerprint density at radius 2 is 1.76 bits per heavy atom. The molecule has 0 unspecified atom stereocenters. The van der Waals surface area contributed by atoms with Gasteiger partial charge in [-0.05, 0) is 31.0 Å². The lowest BCUT2D eigenvalue weighted by molar-refractivity contribution is -0.137. The summed E-state index contributed by atoms with van der Waals surface area (Å²) in [6.07, 6.45) is 0. The van der Waals surface area contributed by atoms with Gasteiger partial charge < -0.3 is 20.5 Å². The second-order valence-electron chi connectivity index (χ2n) is 4.43. The first kappa shape index (κ1) is 16.5. The van der Waals surface area contributed by atoms with Crippen LogP contribution in [0.2, 0.25) is 0 Å². The summed E-state index contributed by atoms with van der Waals surface area (Å²) >= 11 is 0. The molecule has 21 heavy (non-hydrogen) atoms. The molecule has 0 fully saturated rings. The van der Waals surface area contributed by atoms with Crippen LogP contribution in [0.5, 0.6) is 5.75 Å². The van der Waals surface area contributed by atoms with Crippen LogP contribution in [0.1, 0.15) is 11.1 Å². The number of hydrogen-bond acceptors (Lipinski definition) is 4. The minimum absolute atomic E-state index is 0.212. The third-order valence-corrected chi connectivity index (χ3v) is 2.80. The van der Waals surface area contributed by atoms with Crippen LogP contribution >= 0.6 is 0 Å². The molecular weight excluding hydrogens is 276 g/mol. The van der Waals surface area contributed by atoms with E-state index in [0.29, 0.717) is 5.75 Å². The van der Waals surface area contributed by atoms with Crippen molar-refractivity contribution in [2.45, 2.75) is 13.8 Å². The van der Waals surface area contributed by atoms with Crippen molar-refractivity contribution in [1.82, 2.24) is 10.6 Å². The number of carboxylic acid groups (broad SMARTS) is 1. The van der Waals surface area contributed by atoms with E-state index in [-0.39, 0.29) is 13.2 Å². The number of carbonyl (C=O) groups excluding carboxylic acids is 2. The fourth-order valence-corrected chi connectivity index (χ4v) is 1.49. The zero-order chi connectivity index (χ0) is 15.8. The lowest BCUT2D eigenvalue weighted by atomic mass is 10.1. The van der Waals surface area contributed by atoms with E-state index in [1.54, 1.807) is 6.07 Å². The van der Waals surface area contributed by atoms with Gasteiger partial charge in [0.05, 0.1) is 6.54 Å². The number of benzene rings is 1. The molecule has 3 N–H and O–H groups in total. The van der Waals surface area contributed by atoms with Crippen LogP contribution in [-0.4, -0.2) is 42.6 Å². The highest BCUT2D eigenvalue weighted by Crippen LogP contribution is 2.20. The van der Waals surface area contributed by atoms with Crippen molar-refractivity contribution in [3.8, 4) is 5.75 Å². The molecule has 1 aromatic carbocycles. The highest BCUT2D eigenvalue weighted by molar-refractivity contribution is 5.87. The molecule has 0 aliphatic carbocycles. The van der Waals surface area contributed by atoms with Gasteiger partial charge in [-0.15, -0.1) is 0 Å². The number of amides is 2. The third kappa shape index (κ3) is 5.94. The number of carbonyl (C=O) groups is 3. The quantitative estimate of drug-likeness (QED) is 0.656. The van der Waals surface area contributed by atoms with Crippen LogP contribution in [0.15, 0.2) is 18.2 Å². The summed E-state index contributed by atoms with van der Waals surface area (Å²) in [6.45, 7) is 2.85. The summed E-state index contributed by atoms with van der Waals surface area (Å²) in [7, 11) is 0. The number of aryl methyl sites for hydroxylation is 1. The molecule has 0 saturated heterocycles. The van der Waals surface area contributed by atoms with Gasteiger partial charge in [-0.3, -0.25) is 14.4 Å². The van der Waals surface area contributed by atoms with Gasteiger partial charge in [0.15, 0.2) is 6.61 Å². The van der Waals surface area contributed by atoms with E-state index in [2.05, 4.69) is 10.6 Å². The molecular formula is C14H18N2O5. The highest BCUT2D eigenvalue weighted by atomic mass is 16.5. The van der Waals surface area contributed by atoms with Crippen molar-refractivity contribution in [2.75, 3.05) is 19.7 Å². The van der Waals surface area contributed by atoms with Gasteiger partial charge in [0.2, 0.25) is 5.91 Å². The van der Waals surface area contributed by atoms with E-state index in [0.717, 1.165) is 11.1 Å². The number of ether oxygens (including phenoxy) is 1. The molecule has 2 amide bonds. The van der Waals surface area contributed by atoms with Crippen molar-refractivity contribution in [3.05, 3.63) is 29.3 Å². The van der Waals surface area contributed by atoms with Gasteiger partial charge in [0.1, 0.15) is 12.3 Å². The fraction of sp³-hybridized carbons (Fsp3) is 0.357. The third-order valence-electron chi connectivity index (χ3n) is 2.80. The van der Waals surface area contributed by atoms with Gasteiger partial charge in [-0.25, -0.2) is 0 Å². The second kappa shape index (κ2) is 7.88. The lowest BCUT2D eigenvalue weighted by Crippen LogP contribution is -2.40. The standard InChI is InChI=1S/C14H18N2O5/c1-9-4-3-5-11(10(9)2)21-8-13(18)15-6-12(17)16-7-14(19)20/h3-5H,6-8H2,1-2H3,(H,15,18)(H,16,17)(H,19,20). The lowest BCUT2D eigenvalue weighted by Gasteiger charge is -2.10. The Bertz CT molecular complexity index is 542. The smallest absolute Gasteiger partial charge is 0.322 e. The van der Waals surface area contributed by atoms with Gasteiger partial charge in [0, 0.05) is 0 Å². The summed E-state index contributed by atoms with van der Waals surface area (Å²) < 4.78 is 5.37. The fourth-order valence-electron chi connectivity index (χ4n) is 1.49. The first-order chi connectivity index (χ1) is 9.90. The van der Waals surface area contributed by atoms with Crippen molar-refractivity contribution in [2.24, 2.45) is 0 Å². The van der Waals surface area contributed by atoms with Crippen molar-refractivity contribution in [3.63, 3.8) is 0 Å². The molecule has 0 aliphatic heterocycles. The van der Waals surface area contributed by atoms with E-state index < -0.39 is 24.3 Å². The summed E-state index contributed by atoms with van der Waals surface area (Å²) in [5.74, 6) is -1.56. The van der Waals surface area contributed by atoms with Crippen LogP contribution in [0.25, 0.3) is 0 Å². The van der Waals surface area contributed by atoms with Crippen molar-refractivity contribution in [1.29, 1.82) is 0 Å². The van der Waals surface area contributed by atoms with Crippen LogP contribution in [0, 0.1) is 13.8 Å². The molecule has 7 nitrogen and oxygen atoms in total. The van der Waals surface area contributed by atoms with E-state index in [4.69, 9.17) is 9.84 Å². The molecule has 0 spiro atoms. The molecule has 0 radical (unpaired) electrons. The van der Waals surface area contributed by atoms with Gasteiger partial charge >= 0.3 is 5.97 Å². The molecule has 1 aromatic rings. The van der Waals surface area contributed by atoms with Gasteiger partial charge in [-0.2, -0.15) is 0 Å². The van der Waals surface area contributed by atoms with E-state index in [1.165, 1.54) is 0 Å². The molecule has 0 saturated carbocycles. The molecule has 0 aromatic heterocycles. The van der Waals surface area contributed by atoms with Crippen molar-refractivity contribution >= 4 is 17.8 Å². The van der Waals surface area contributed by atoms with E-state index in [1.807, 2.05) is 26.0 Å². The predicted octanol–water partition coefficient (Wildman–Crippen LogP) is -0.000760. The van der Waals surface area contributed by atoms with Gasteiger partial charge in [-0.1, -0.05) is 12.1 Å². The number of nitrogens with one attached hydrogen (secondary N) is 2. The number of carboxylic acids is 1. The Kier molecular flexibility index (Phi) is 6.19. The van der Waals surface area contributed by atoms with Crippen LogP contribution in [-0.2, 0) is 14.4 Å². The summed E-state index contributed by atoms with van der Waals surface area (Å²) in [5.41, 5.74) is 2.01. The number of hydrogen-bond donors (Lipinski definition) is 3. The van der Waals surface area contributed by atoms with Crippen LogP contribution in [0.3, 0.4) is 0 Å². The topological polar surface area (TPSA) is 105 Å². The second-order valence-corrected chi connectivity index (χ2v) is 4.43. The molecule has 0 bridgehead atoms. The van der Waals surface area contributed by atoms with Crippen molar-refractivity contribution < 1.29 is 24.2 Å².